The summed E-state index contributed by atoms with van der Waals surface area (Å²) in [6.45, 7) is 2.01. The topological polar surface area (TPSA) is 59.6 Å². The molecule has 0 saturated heterocycles. The summed E-state index contributed by atoms with van der Waals surface area (Å²) >= 11 is 9.46. The molecule has 1 amide bonds. The Morgan fingerprint density at radius 3 is 2.46 bits per heavy atom. The maximum Gasteiger partial charge on any atom is 0.243 e. The Balaban J connectivity index is 2.06. The van der Waals surface area contributed by atoms with E-state index >= 15 is 0 Å². The van der Waals surface area contributed by atoms with Gasteiger partial charge < -0.3 is 20.1 Å². The summed E-state index contributed by atoms with van der Waals surface area (Å²) < 4.78 is 11.4. The second-order valence-corrected chi connectivity index (χ2v) is 6.37. The Morgan fingerprint density at radius 1 is 1.12 bits per heavy atom. The molecule has 0 aliphatic carbocycles. The molecule has 2 aromatic rings. The fraction of sp³-hybridized carbons (Fsp3) is 0.235. The lowest BCUT2D eigenvalue weighted by Crippen LogP contribution is -2.22. The Bertz CT molecular complexity index is 753. The number of methoxy groups -OCH3 is 2. The van der Waals surface area contributed by atoms with Gasteiger partial charge >= 0.3 is 0 Å². The summed E-state index contributed by atoms with van der Waals surface area (Å²) in [7, 11) is 3.06. The van der Waals surface area contributed by atoms with E-state index < -0.39 is 0 Å². The number of benzene rings is 2. The molecule has 0 radical (unpaired) electrons. The smallest absolute Gasteiger partial charge is 0.243 e. The number of hydrogen-bond donors (Lipinski definition) is 2. The van der Waals surface area contributed by atoms with Crippen LogP contribution in [0.5, 0.6) is 11.5 Å². The molecule has 0 aliphatic heterocycles. The molecule has 24 heavy (non-hydrogen) atoms. The third-order valence-corrected chi connectivity index (χ3v) is 4.16. The Kier molecular flexibility index (Phi) is 6.34. The van der Waals surface area contributed by atoms with Gasteiger partial charge in [0.05, 0.1) is 31.5 Å². The van der Waals surface area contributed by atoms with Crippen LogP contribution in [0.25, 0.3) is 0 Å². The third-order valence-electron chi connectivity index (χ3n) is 3.38. The van der Waals surface area contributed by atoms with E-state index in [0.29, 0.717) is 22.2 Å². The van der Waals surface area contributed by atoms with Crippen molar-refractivity contribution in [3.8, 4) is 11.5 Å². The third kappa shape index (κ3) is 4.55. The highest BCUT2D eigenvalue weighted by Crippen LogP contribution is 2.35. The van der Waals surface area contributed by atoms with Crippen molar-refractivity contribution in [2.24, 2.45) is 0 Å². The molecule has 0 saturated carbocycles. The van der Waals surface area contributed by atoms with Gasteiger partial charge in [0.1, 0.15) is 11.5 Å². The summed E-state index contributed by atoms with van der Waals surface area (Å²) in [5.41, 5.74) is 2.37. The van der Waals surface area contributed by atoms with E-state index in [9.17, 15) is 4.79 Å². The first-order valence-electron chi connectivity index (χ1n) is 7.16. The fourth-order valence-corrected chi connectivity index (χ4v) is 2.84. The standard InChI is InChI=1S/C17H18BrClN2O3/c1-10-6-11(18)4-5-13(10)21-17(22)9-20-14-8-15(23-2)12(19)7-16(14)24-3/h4-8,20H,9H2,1-3H3,(H,21,22). The molecule has 128 valence electrons. The van der Waals surface area contributed by atoms with Crippen LogP contribution in [0.15, 0.2) is 34.8 Å². The van der Waals surface area contributed by atoms with Crippen molar-refractivity contribution in [1.82, 2.24) is 0 Å². The van der Waals surface area contributed by atoms with E-state index in [1.807, 2.05) is 25.1 Å². The molecule has 2 rings (SSSR count). The lowest BCUT2D eigenvalue weighted by molar-refractivity contribution is -0.114. The van der Waals surface area contributed by atoms with Crippen molar-refractivity contribution in [3.63, 3.8) is 0 Å². The van der Waals surface area contributed by atoms with Crippen LogP contribution in [-0.2, 0) is 4.79 Å². The molecule has 0 heterocycles. The number of rotatable bonds is 6. The molecule has 0 unspecified atom stereocenters. The van der Waals surface area contributed by atoms with E-state index in [1.54, 1.807) is 12.1 Å². The SMILES string of the molecule is COc1cc(NCC(=O)Nc2ccc(Br)cc2C)c(OC)cc1Cl. The minimum atomic E-state index is -0.170. The van der Waals surface area contributed by atoms with Gasteiger partial charge in [-0.15, -0.1) is 0 Å². The molecular weight excluding hydrogens is 396 g/mol. The number of anilines is 2. The van der Waals surface area contributed by atoms with Gasteiger partial charge in [-0.3, -0.25) is 4.79 Å². The monoisotopic (exact) mass is 412 g/mol. The number of aryl methyl sites for hydroxylation is 1. The molecule has 7 heteroatoms. The van der Waals surface area contributed by atoms with Gasteiger partial charge in [-0.05, 0) is 30.7 Å². The quantitative estimate of drug-likeness (QED) is 0.733. The summed E-state index contributed by atoms with van der Waals surface area (Å²) in [6, 6.07) is 9.00. The number of amides is 1. The first-order valence-corrected chi connectivity index (χ1v) is 8.33. The predicted octanol–water partition coefficient (Wildman–Crippen LogP) is 4.48. The molecule has 0 atom stereocenters. The minimum absolute atomic E-state index is 0.0800. The summed E-state index contributed by atoms with van der Waals surface area (Å²) in [6.07, 6.45) is 0. The molecule has 0 spiro atoms. The molecule has 5 nitrogen and oxygen atoms in total. The van der Waals surface area contributed by atoms with Gasteiger partial charge in [-0.2, -0.15) is 0 Å². The number of carbonyl (C=O) groups is 1. The maximum absolute atomic E-state index is 12.2. The van der Waals surface area contributed by atoms with Crippen molar-refractivity contribution < 1.29 is 14.3 Å². The first kappa shape index (κ1) is 18.4. The summed E-state index contributed by atoms with van der Waals surface area (Å²) in [5.74, 6) is 0.869. The highest BCUT2D eigenvalue weighted by atomic mass is 79.9. The fourth-order valence-electron chi connectivity index (χ4n) is 2.14. The number of ether oxygens (including phenoxy) is 2. The van der Waals surface area contributed by atoms with Gasteiger partial charge in [0, 0.05) is 22.3 Å². The van der Waals surface area contributed by atoms with Crippen molar-refractivity contribution in [2.75, 3.05) is 31.4 Å². The van der Waals surface area contributed by atoms with Crippen LogP contribution < -0.4 is 20.1 Å². The summed E-state index contributed by atoms with van der Waals surface area (Å²) in [5, 5.41) is 6.34. The van der Waals surface area contributed by atoms with Crippen LogP contribution >= 0.6 is 27.5 Å². The second-order valence-electron chi connectivity index (χ2n) is 5.05. The molecule has 2 N–H and O–H groups in total. The van der Waals surface area contributed by atoms with Crippen molar-refractivity contribution >= 4 is 44.8 Å². The number of hydrogen-bond acceptors (Lipinski definition) is 4. The zero-order valence-electron chi connectivity index (χ0n) is 13.6. The van der Waals surface area contributed by atoms with E-state index in [1.165, 1.54) is 14.2 Å². The molecule has 0 fully saturated rings. The average Bonchev–Trinajstić information content (AvgIpc) is 2.55. The van der Waals surface area contributed by atoms with Gasteiger partial charge in [-0.1, -0.05) is 27.5 Å². The van der Waals surface area contributed by atoms with E-state index in [0.717, 1.165) is 15.7 Å². The Labute approximate surface area is 154 Å². The van der Waals surface area contributed by atoms with Crippen LogP contribution in [0.2, 0.25) is 5.02 Å². The second kappa shape index (κ2) is 8.26. The molecular formula is C17H18BrClN2O3. The van der Waals surface area contributed by atoms with Gasteiger partial charge in [0.2, 0.25) is 5.91 Å². The van der Waals surface area contributed by atoms with Crippen LogP contribution in [0.4, 0.5) is 11.4 Å². The van der Waals surface area contributed by atoms with Crippen LogP contribution in [0.3, 0.4) is 0 Å². The minimum Gasteiger partial charge on any atom is -0.495 e. The average molecular weight is 414 g/mol. The normalized spacial score (nSPS) is 10.2. The number of nitrogens with one attached hydrogen (secondary N) is 2. The molecule has 0 aliphatic rings. The van der Waals surface area contributed by atoms with Gasteiger partial charge in [0.15, 0.2) is 0 Å². The van der Waals surface area contributed by atoms with Crippen molar-refractivity contribution in [2.45, 2.75) is 6.92 Å². The summed E-state index contributed by atoms with van der Waals surface area (Å²) in [4.78, 5) is 12.2. The zero-order valence-corrected chi connectivity index (χ0v) is 15.9. The predicted molar refractivity (Wildman–Crippen MR) is 101 cm³/mol. The van der Waals surface area contributed by atoms with E-state index in [4.69, 9.17) is 21.1 Å². The molecule has 2 aromatic carbocycles. The lowest BCUT2D eigenvalue weighted by atomic mass is 10.2. The highest BCUT2D eigenvalue weighted by molar-refractivity contribution is 9.10. The van der Waals surface area contributed by atoms with Gasteiger partial charge in [-0.25, -0.2) is 0 Å². The Morgan fingerprint density at radius 2 is 1.83 bits per heavy atom. The maximum atomic E-state index is 12.2. The zero-order chi connectivity index (χ0) is 17.7. The molecule has 0 aromatic heterocycles. The van der Waals surface area contributed by atoms with Crippen LogP contribution in [-0.4, -0.2) is 26.7 Å². The highest BCUT2D eigenvalue weighted by Gasteiger charge is 2.11. The van der Waals surface area contributed by atoms with E-state index in [2.05, 4.69) is 26.6 Å². The molecule has 0 bridgehead atoms. The first-order chi connectivity index (χ1) is 11.4. The van der Waals surface area contributed by atoms with Crippen LogP contribution in [0, 0.1) is 6.92 Å². The lowest BCUT2D eigenvalue weighted by Gasteiger charge is -2.14. The number of carbonyl (C=O) groups excluding carboxylic acids is 1. The van der Waals surface area contributed by atoms with E-state index in [-0.39, 0.29) is 12.5 Å². The largest absolute Gasteiger partial charge is 0.495 e. The van der Waals surface area contributed by atoms with Crippen molar-refractivity contribution in [1.29, 1.82) is 0 Å². The van der Waals surface area contributed by atoms with Crippen LogP contribution in [0.1, 0.15) is 5.56 Å². The van der Waals surface area contributed by atoms with Gasteiger partial charge in [0.25, 0.3) is 0 Å². The number of halogens is 2. The van der Waals surface area contributed by atoms with Crippen molar-refractivity contribution in [3.05, 3.63) is 45.4 Å². The Hall–Kier alpha value is -1.92.